The Kier molecular flexibility index (Phi) is 3.97. The van der Waals surface area contributed by atoms with Crippen LogP contribution in [0.2, 0.25) is 0 Å². The molecule has 106 valence electrons. The van der Waals surface area contributed by atoms with E-state index in [2.05, 4.69) is 15.4 Å². The van der Waals surface area contributed by atoms with Gasteiger partial charge >= 0.3 is 5.97 Å². The Morgan fingerprint density at radius 2 is 2.20 bits per heavy atom. The number of hydrogen-bond donors (Lipinski definition) is 2. The van der Waals surface area contributed by atoms with Gasteiger partial charge in [0.05, 0.1) is 24.3 Å². The maximum absolute atomic E-state index is 13.2. The molecule has 0 aliphatic carbocycles. The minimum Gasteiger partial charge on any atom is -0.465 e. The van der Waals surface area contributed by atoms with E-state index in [1.165, 1.54) is 13.2 Å². The molecular formula is C13H13FN2O4. The van der Waals surface area contributed by atoms with Crippen molar-refractivity contribution < 1.29 is 23.5 Å². The second kappa shape index (κ2) is 5.68. The van der Waals surface area contributed by atoms with Crippen molar-refractivity contribution in [2.45, 2.75) is 6.42 Å². The van der Waals surface area contributed by atoms with Crippen molar-refractivity contribution in [3.63, 3.8) is 0 Å². The lowest BCUT2D eigenvalue weighted by Gasteiger charge is -2.12. The summed E-state index contributed by atoms with van der Waals surface area (Å²) in [7, 11) is 1.19. The predicted octanol–water partition coefficient (Wildman–Crippen LogP) is 0.687. The third-order valence-corrected chi connectivity index (χ3v) is 2.99. The number of carbonyl (C=O) groups is 3. The fourth-order valence-electron chi connectivity index (χ4n) is 1.93. The zero-order valence-electron chi connectivity index (χ0n) is 10.7. The topological polar surface area (TPSA) is 84.5 Å². The first-order valence-corrected chi connectivity index (χ1v) is 5.96. The number of ether oxygens (including phenoxy) is 1. The average Bonchev–Trinajstić information content (AvgIpc) is 2.85. The summed E-state index contributed by atoms with van der Waals surface area (Å²) in [5.41, 5.74) is 0.0840. The summed E-state index contributed by atoms with van der Waals surface area (Å²) in [5, 5.41) is 4.99. The van der Waals surface area contributed by atoms with Crippen LogP contribution in [-0.4, -0.2) is 31.4 Å². The van der Waals surface area contributed by atoms with Gasteiger partial charge in [-0.05, 0) is 18.2 Å². The minimum atomic E-state index is -0.680. The van der Waals surface area contributed by atoms with Crippen molar-refractivity contribution >= 4 is 23.5 Å². The van der Waals surface area contributed by atoms with Crippen LogP contribution in [0.5, 0.6) is 0 Å². The van der Waals surface area contributed by atoms with E-state index < -0.39 is 23.6 Å². The predicted molar refractivity (Wildman–Crippen MR) is 67.5 cm³/mol. The van der Waals surface area contributed by atoms with Gasteiger partial charge in [0, 0.05) is 13.0 Å². The smallest absolute Gasteiger partial charge is 0.339 e. The van der Waals surface area contributed by atoms with Gasteiger partial charge in [-0.3, -0.25) is 9.59 Å². The van der Waals surface area contributed by atoms with Gasteiger partial charge in [-0.2, -0.15) is 0 Å². The van der Waals surface area contributed by atoms with Gasteiger partial charge in [0.25, 0.3) is 0 Å². The number of esters is 1. The summed E-state index contributed by atoms with van der Waals surface area (Å²) in [6.07, 6.45) is 0.0781. The minimum absolute atomic E-state index is 0.0289. The van der Waals surface area contributed by atoms with Crippen molar-refractivity contribution in [1.82, 2.24) is 5.32 Å². The lowest BCUT2D eigenvalue weighted by Crippen LogP contribution is -2.25. The van der Waals surface area contributed by atoms with Crippen LogP contribution in [0.4, 0.5) is 10.1 Å². The van der Waals surface area contributed by atoms with E-state index in [0.29, 0.717) is 0 Å². The molecule has 1 atom stereocenters. The Hall–Kier alpha value is -2.44. The molecule has 1 heterocycles. The van der Waals surface area contributed by atoms with Crippen LogP contribution >= 0.6 is 0 Å². The Balaban J connectivity index is 2.19. The number of anilines is 1. The van der Waals surface area contributed by atoms with E-state index >= 15 is 0 Å². The van der Waals surface area contributed by atoms with E-state index in [1.807, 2.05) is 0 Å². The van der Waals surface area contributed by atoms with E-state index in [9.17, 15) is 18.8 Å². The first-order valence-electron chi connectivity index (χ1n) is 5.96. The summed E-state index contributed by atoms with van der Waals surface area (Å²) < 4.78 is 17.8. The van der Waals surface area contributed by atoms with Crippen LogP contribution in [0, 0.1) is 11.7 Å². The molecule has 0 saturated carbocycles. The van der Waals surface area contributed by atoms with Crippen LogP contribution in [0.15, 0.2) is 18.2 Å². The van der Waals surface area contributed by atoms with Crippen LogP contribution in [0.1, 0.15) is 16.8 Å². The molecule has 7 heteroatoms. The Bertz CT molecular complexity index is 573. The van der Waals surface area contributed by atoms with Crippen LogP contribution in [-0.2, 0) is 14.3 Å². The maximum atomic E-state index is 13.2. The normalized spacial score (nSPS) is 17.5. The second-order valence-corrected chi connectivity index (χ2v) is 4.38. The third-order valence-electron chi connectivity index (χ3n) is 2.99. The number of benzene rings is 1. The largest absolute Gasteiger partial charge is 0.465 e. The molecular weight excluding hydrogens is 267 g/mol. The number of methoxy groups -OCH3 is 1. The molecule has 1 aromatic rings. The number of nitrogens with one attached hydrogen (secondary N) is 2. The third kappa shape index (κ3) is 2.93. The maximum Gasteiger partial charge on any atom is 0.339 e. The monoisotopic (exact) mass is 280 g/mol. The highest BCUT2D eigenvalue weighted by Gasteiger charge is 2.28. The van der Waals surface area contributed by atoms with Gasteiger partial charge in [0.1, 0.15) is 5.82 Å². The van der Waals surface area contributed by atoms with Gasteiger partial charge in [-0.1, -0.05) is 0 Å². The fraction of sp³-hybridized carbons (Fsp3) is 0.308. The van der Waals surface area contributed by atoms with Crippen molar-refractivity contribution in [3.05, 3.63) is 29.6 Å². The lowest BCUT2D eigenvalue weighted by molar-refractivity contribution is -0.123. The highest BCUT2D eigenvalue weighted by Crippen LogP contribution is 2.20. The number of amides is 2. The van der Waals surface area contributed by atoms with Crippen molar-refractivity contribution in [3.8, 4) is 0 Å². The molecule has 2 rings (SSSR count). The molecule has 6 nitrogen and oxygen atoms in total. The summed E-state index contributed by atoms with van der Waals surface area (Å²) in [4.78, 5) is 34.6. The molecule has 1 aromatic carbocycles. The molecule has 1 fully saturated rings. The summed E-state index contributed by atoms with van der Waals surface area (Å²) >= 11 is 0. The molecule has 1 aliphatic heterocycles. The molecule has 0 spiro atoms. The standard InChI is InChI=1S/C13H13FN2O4/c1-20-13(19)9-3-2-8(14)5-10(9)16-12(18)7-4-11(17)15-6-7/h2-3,5,7H,4,6H2,1H3,(H,15,17)(H,16,18). The number of hydrogen-bond acceptors (Lipinski definition) is 4. The lowest BCUT2D eigenvalue weighted by atomic mass is 10.1. The molecule has 1 aliphatic rings. The molecule has 0 aromatic heterocycles. The van der Waals surface area contributed by atoms with Gasteiger partial charge in [-0.15, -0.1) is 0 Å². The number of carbonyl (C=O) groups excluding carboxylic acids is 3. The van der Waals surface area contributed by atoms with Crippen molar-refractivity contribution in [2.24, 2.45) is 5.92 Å². The molecule has 20 heavy (non-hydrogen) atoms. The zero-order chi connectivity index (χ0) is 14.7. The van der Waals surface area contributed by atoms with Crippen LogP contribution < -0.4 is 10.6 Å². The van der Waals surface area contributed by atoms with E-state index in [0.717, 1.165) is 12.1 Å². The summed E-state index contributed by atoms with van der Waals surface area (Å²) in [5.74, 6) is -2.46. The summed E-state index contributed by atoms with van der Waals surface area (Å²) in [6.45, 7) is 0.230. The summed E-state index contributed by atoms with van der Waals surface area (Å²) in [6, 6.07) is 3.37. The Morgan fingerprint density at radius 3 is 2.80 bits per heavy atom. The van der Waals surface area contributed by atoms with Gasteiger partial charge < -0.3 is 15.4 Å². The first kappa shape index (κ1) is 14.0. The Labute approximate surface area is 114 Å². The quantitative estimate of drug-likeness (QED) is 0.798. The average molecular weight is 280 g/mol. The highest BCUT2D eigenvalue weighted by molar-refractivity contribution is 6.03. The van der Waals surface area contributed by atoms with Gasteiger partial charge in [0.2, 0.25) is 11.8 Å². The van der Waals surface area contributed by atoms with Crippen LogP contribution in [0.25, 0.3) is 0 Å². The van der Waals surface area contributed by atoms with Crippen molar-refractivity contribution in [2.75, 3.05) is 19.0 Å². The SMILES string of the molecule is COC(=O)c1ccc(F)cc1NC(=O)C1CNC(=O)C1. The Morgan fingerprint density at radius 1 is 1.45 bits per heavy atom. The van der Waals surface area contributed by atoms with Gasteiger partial charge in [-0.25, -0.2) is 9.18 Å². The zero-order valence-corrected chi connectivity index (χ0v) is 10.7. The van der Waals surface area contributed by atoms with Crippen LogP contribution in [0.3, 0.4) is 0 Å². The molecule has 2 amide bonds. The van der Waals surface area contributed by atoms with E-state index in [4.69, 9.17) is 0 Å². The van der Waals surface area contributed by atoms with E-state index in [-0.39, 0.29) is 30.1 Å². The molecule has 1 saturated heterocycles. The highest BCUT2D eigenvalue weighted by atomic mass is 19.1. The molecule has 2 N–H and O–H groups in total. The fourth-order valence-corrected chi connectivity index (χ4v) is 1.93. The molecule has 0 radical (unpaired) electrons. The van der Waals surface area contributed by atoms with E-state index in [1.54, 1.807) is 0 Å². The van der Waals surface area contributed by atoms with Crippen molar-refractivity contribution in [1.29, 1.82) is 0 Å². The number of rotatable bonds is 3. The number of halogens is 1. The molecule has 0 bridgehead atoms. The second-order valence-electron chi connectivity index (χ2n) is 4.38. The van der Waals surface area contributed by atoms with Gasteiger partial charge in [0.15, 0.2) is 0 Å². The first-order chi connectivity index (χ1) is 9.51. The molecule has 1 unspecified atom stereocenters.